The molecule has 0 spiro atoms. The smallest absolute Gasteiger partial charge is 0.186 e. The molecule has 5 heteroatoms. The lowest BCUT2D eigenvalue weighted by molar-refractivity contribution is -0.716. The zero-order chi connectivity index (χ0) is 13.7. The maximum atomic E-state index is 6.68. The van der Waals surface area contributed by atoms with Crippen LogP contribution in [0.25, 0.3) is 0 Å². The summed E-state index contributed by atoms with van der Waals surface area (Å²) in [5, 5.41) is 0. The van der Waals surface area contributed by atoms with E-state index in [1.165, 1.54) is 0 Å². The van der Waals surface area contributed by atoms with Crippen molar-refractivity contribution in [1.29, 1.82) is 0 Å². The van der Waals surface area contributed by atoms with Gasteiger partial charge in [-0.25, -0.2) is 0 Å². The lowest BCUT2D eigenvalue weighted by atomic mass is 9.92. The van der Waals surface area contributed by atoms with E-state index in [0.717, 1.165) is 17.1 Å². The summed E-state index contributed by atoms with van der Waals surface area (Å²) in [5.41, 5.74) is 5.16. The quantitative estimate of drug-likeness (QED) is 0.785. The molecule has 1 atom stereocenters. The van der Waals surface area contributed by atoms with Crippen LogP contribution in [0.5, 0.6) is 0 Å². The van der Waals surface area contributed by atoms with Crippen molar-refractivity contribution >= 4 is 23.6 Å². The molecule has 1 aromatic rings. The van der Waals surface area contributed by atoms with Crippen LogP contribution in [0.2, 0.25) is 0 Å². The van der Waals surface area contributed by atoms with E-state index in [9.17, 15) is 0 Å². The van der Waals surface area contributed by atoms with E-state index in [1.807, 2.05) is 30.3 Å². The third kappa shape index (κ3) is 1.88. The lowest BCUT2D eigenvalue weighted by Gasteiger charge is -2.28. The molecule has 0 bridgehead atoms. The standard InChI is InChI=1S/C14H16ClN4/c1-14(2,3)11-9-16-13-17-12(18-19(11,13)15)10-7-5-4-6-8-10/h4-9H,1-3H3,(H,16,17,18)/q+1. The van der Waals surface area contributed by atoms with Crippen molar-refractivity contribution in [3.63, 3.8) is 0 Å². The van der Waals surface area contributed by atoms with E-state index in [0.29, 0.717) is 5.96 Å². The fourth-order valence-electron chi connectivity index (χ4n) is 2.25. The number of hydrogen-bond acceptors (Lipinski definition) is 3. The summed E-state index contributed by atoms with van der Waals surface area (Å²) in [6.45, 7) is 6.34. The Bertz CT molecular complexity index is 610. The van der Waals surface area contributed by atoms with Crippen molar-refractivity contribution in [2.75, 3.05) is 0 Å². The topological polar surface area (TPSA) is 36.8 Å². The van der Waals surface area contributed by atoms with E-state index in [2.05, 4.69) is 36.2 Å². The molecule has 1 unspecified atom stereocenters. The van der Waals surface area contributed by atoms with Gasteiger partial charge in [-0.15, -0.1) is 0 Å². The number of aliphatic imine (C=N–C) groups is 2. The molecule has 2 aliphatic rings. The second-order valence-corrected chi connectivity index (χ2v) is 6.23. The number of nitrogens with one attached hydrogen (secondary N) is 1. The first-order valence-corrected chi connectivity index (χ1v) is 6.56. The predicted molar refractivity (Wildman–Crippen MR) is 77.2 cm³/mol. The van der Waals surface area contributed by atoms with Gasteiger partial charge < -0.3 is 0 Å². The molecule has 0 saturated heterocycles. The maximum absolute atomic E-state index is 6.68. The molecule has 0 fully saturated rings. The van der Waals surface area contributed by atoms with Gasteiger partial charge in [-0.3, -0.25) is 0 Å². The number of benzene rings is 1. The van der Waals surface area contributed by atoms with Crippen LogP contribution in [-0.4, -0.2) is 15.9 Å². The zero-order valence-electron chi connectivity index (χ0n) is 11.2. The third-order valence-electron chi connectivity index (χ3n) is 3.20. The molecular weight excluding hydrogens is 260 g/mol. The van der Waals surface area contributed by atoms with Crippen LogP contribution in [0.1, 0.15) is 26.3 Å². The van der Waals surface area contributed by atoms with Crippen LogP contribution in [-0.2, 0) is 0 Å². The Balaban J connectivity index is 1.96. The fraction of sp³-hybridized carbons (Fsp3) is 0.286. The molecule has 1 N–H and O–H groups in total. The first-order chi connectivity index (χ1) is 8.91. The van der Waals surface area contributed by atoms with Crippen molar-refractivity contribution < 1.29 is 4.11 Å². The molecule has 2 heterocycles. The minimum atomic E-state index is -0.0817. The Labute approximate surface area is 117 Å². The summed E-state index contributed by atoms with van der Waals surface area (Å²) in [6.07, 6.45) is 1.81. The molecule has 1 aromatic carbocycles. The average Bonchev–Trinajstić information content (AvgIpc) is 2.82. The van der Waals surface area contributed by atoms with E-state index < -0.39 is 0 Å². The molecule has 3 rings (SSSR count). The molecule has 0 aromatic heterocycles. The number of rotatable bonds is 1. The number of halogens is 1. The highest BCUT2D eigenvalue weighted by atomic mass is 35.5. The van der Waals surface area contributed by atoms with Crippen LogP contribution in [0.15, 0.2) is 52.2 Å². The number of quaternary nitrogens is 1. The lowest BCUT2D eigenvalue weighted by Crippen LogP contribution is -2.51. The number of allylic oxidation sites excluding steroid dienone is 1. The summed E-state index contributed by atoms with van der Waals surface area (Å²) in [5.74, 6) is 1.33. The van der Waals surface area contributed by atoms with Crippen molar-refractivity contribution in [3.05, 3.63) is 47.8 Å². The van der Waals surface area contributed by atoms with Gasteiger partial charge in [0.1, 0.15) is 0 Å². The number of nitrogens with zero attached hydrogens (tertiary/aromatic N) is 3. The number of guanidine groups is 1. The van der Waals surface area contributed by atoms with Gasteiger partial charge in [0.2, 0.25) is 11.8 Å². The van der Waals surface area contributed by atoms with Gasteiger partial charge in [0.15, 0.2) is 11.5 Å². The van der Waals surface area contributed by atoms with Crippen molar-refractivity contribution in [3.8, 4) is 0 Å². The van der Waals surface area contributed by atoms with Crippen molar-refractivity contribution in [2.24, 2.45) is 15.4 Å². The Morgan fingerprint density at radius 3 is 2.47 bits per heavy atom. The van der Waals surface area contributed by atoms with E-state index in [-0.39, 0.29) is 9.53 Å². The van der Waals surface area contributed by atoms with Gasteiger partial charge in [0, 0.05) is 11.0 Å². The minimum Gasteiger partial charge on any atom is -0.186 e. The molecule has 19 heavy (non-hydrogen) atoms. The Kier molecular flexibility index (Phi) is 2.56. The Hall–Kier alpha value is -1.65. The van der Waals surface area contributed by atoms with Gasteiger partial charge >= 0.3 is 5.96 Å². The second kappa shape index (κ2) is 3.92. The zero-order valence-corrected chi connectivity index (χ0v) is 11.9. The molecule has 2 aliphatic heterocycles. The van der Waals surface area contributed by atoms with E-state index >= 15 is 0 Å². The number of fused-ring (bicyclic) bond motifs is 1. The van der Waals surface area contributed by atoms with Gasteiger partial charge in [0.05, 0.1) is 6.20 Å². The van der Waals surface area contributed by atoms with Crippen LogP contribution < -0.4 is 5.43 Å². The van der Waals surface area contributed by atoms with E-state index in [4.69, 9.17) is 11.8 Å². The molecule has 0 aliphatic carbocycles. The minimum absolute atomic E-state index is 0.0479. The Morgan fingerprint density at radius 2 is 1.84 bits per heavy atom. The highest BCUT2D eigenvalue weighted by molar-refractivity contribution is 6.19. The van der Waals surface area contributed by atoms with E-state index in [1.54, 1.807) is 6.20 Å². The fourth-order valence-corrected chi connectivity index (χ4v) is 2.70. The predicted octanol–water partition coefficient (Wildman–Crippen LogP) is 3.18. The summed E-state index contributed by atoms with van der Waals surface area (Å²) >= 11 is 6.68. The molecule has 4 nitrogen and oxygen atoms in total. The van der Waals surface area contributed by atoms with Gasteiger partial charge in [-0.05, 0) is 4.11 Å². The van der Waals surface area contributed by atoms with Gasteiger partial charge in [0.25, 0.3) is 0 Å². The first kappa shape index (κ1) is 12.4. The second-order valence-electron chi connectivity index (χ2n) is 5.72. The Morgan fingerprint density at radius 1 is 1.16 bits per heavy atom. The van der Waals surface area contributed by atoms with Crippen LogP contribution >= 0.6 is 11.8 Å². The third-order valence-corrected chi connectivity index (χ3v) is 3.62. The number of amidine groups is 1. The summed E-state index contributed by atoms with van der Waals surface area (Å²) in [7, 11) is 0. The highest BCUT2D eigenvalue weighted by Gasteiger charge is 2.53. The van der Waals surface area contributed by atoms with Crippen molar-refractivity contribution in [2.45, 2.75) is 20.8 Å². The summed E-state index contributed by atoms with van der Waals surface area (Å²) < 4.78 is -0.0479. The molecular formula is C14H16ClN4+. The number of hydrogen-bond donors (Lipinski definition) is 1. The van der Waals surface area contributed by atoms with Gasteiger partial charge in [-0.2, -0.15) is 15.4 Å². The summed E-state index contributed by atoms with van der Waals surface area (Å²) in [4.78, 5) is 8.84. The molecule has 0 radical (unpaired) electrons. The highest BCUT2D eigenvalue weighted by Crippen LogP contribution is 2.40. The summed E-state index contributed by atoms with van der Waals surface area (Å²) in [6, 6.07) is 9.92. The normalized spacial score (nSPS) is 25.4. The molecule has 0 saturated carbocycles. The van der Waals surface area contributed by atoms with Gasteiger partial charge in [-0.1, -0.05) is 51.1 Å². The maximum Gasteiger partial charge on any atom is 0.380 e. The molecule has 0 amide bonds. The largest absolute Gasteiger partial charge is 0.380 e. The SMILES string of the molecule is CC(C)(C)C1=CN=C2N=C(c3ccccc3)N[N+]12Cl. The first-order valence-electron chi connectivity index (χ1n) is 6.22. The van der Waals surface area contributed by atoms with Crippen LogP contribution in [0, 0.1) is 5.41 Å². The molecule has 98 valence electrons. The van der Waals surface area contributed by atoms with Crippen LogP contribution in [0.4, 0.5) is 0 Å². The average molecular weight is 276 g/mol. The van der Waals surface area contributed by atoms with Crippen LogP contribution in [0.3, 0.4) is 0 Å². The monoisotopic (exact) mass is 275 g/mol. The van der Waals surface area contributed by atoms with Crippen molar-refractivity contribution in [1.82, 2.24) is 5.43 Å².